The van der Waals surface area contributed by atoms with Crippen LogP contribution in [0, 0.1) is 11.3 Å². The number of hydrogen-bond donors (Lipinski definition) is 1. The monoisotopic (exact) mass is 260 g/mol. The summed E-state index contributed by atoms with van der Waals surface area (Å²) >= 11 is 0. The molecule has 0 amide bonds. The van der Waals surface area contributed by atoms with Gasteiger partial charge in [-0.15, -0.1) is 0 Å². The minimum absolute atomic E-state index is 0.314. The van der Waals surface area contributed by atoms with Crippen LogP contribution >= 0.6 is 0 Å². The first-order valence-electron chi connectivity index (χ1n) is 6.66. The summed E-state index contributed by atoms with van der Waals surface area (Å²) in [5.41, 5.74) is 1.66. The van der Waals surface area contributed by atoms with E-state index in [-0.39, 0.29) is 0 Å². The van der Waals surface area contributed by atoms with E-state index in [0.717, 1.165) is 31.6 Å². The highest BCUT2D eigenvalue weighted by molar-refractivity contribution is 5.45. The lowest BCUT2D eigenvalue weighted by atomic mass is 10.1. The zero-order valence-electron chi connectivity index (χ0n) is 11.5. The minimum Gasteiger partial charge on any atom is -0.495 e. The Morgan fingerprint density at radius 1 is 1.58 bits per heavy atom. The van der Waals surface area contributed by atoms with Crippen molar-refractivity contribution in [1.29, 1.82) is 5.26 Å². The van der Waals surface area contributed by atoms with Crippen molar-refractivity contribution in [2.75, 3.05) is 13.7 Å². The number of nitrogens with zero attached hydrogens (tertiary/aromatic N) is 1. The lowest BCUT2D eigenvalue weighted by Crippen LogP contribution is -2.36. The molecule has 0 radical (unpaired) electrons. The van der Waals surface area contributed by atoms with Crippen LogP contribution in [0.3, 0.4) is 0 Å². The van der Waals surface area contributed by atoms with Gasteiger partial charge in [-0.05, 0) is 37.5 Å². The summed E-state index contributed by atoms with van der Waals surface area (Å²) in [6.07, 6.45) is 2.59. The Morgan fingerprint density at radius 3 is 3.05 bits per heavy atom. The summed E-state index contributed by atoms with van der Waals surface area (Å²) in [5, 5.41) is 12.5. The van der Waals surface area contributed by atoms with E-state index in [1.807, 2.05) is 18.2 Å². The molecule has 0 spiro atoms. The molecule has 102 valence electrons. The first-order valence-corrected chi connectivity index (χ1v) is 6.66. The van der Waals surface area contributed by atoms with E-state index in [0.29, 0.717) is 23.5 Å². The highest BCUT2D eigenvalue weighted by Crippen LogP contribution is 2.19. The number of nitrogens with one attached hydrogen (secondary N) is 1. The van der Waals surface area contributed by atoms with E-state index < -0.39 is 0 Å². The molecule has 1 aromatic rings. The van der Waals surface area contributed by atoms with Crippen molar-refractivity contribution in [1.82, 2.24) is 5.32 Å². The maximum Gasteiger partial charge on any atom is 0.136 e. The van der Waals surface area contributed by atoms with Crippen molar-refractivity contribution in [3.63, 3.8) is 0 Å². The molecule has 0 bridgehead atoms. The predicted molar refractivity (Wildman–Crippen MR) is 73.0 cm³/mol. The smallest absolute Gasteiger partial charge is 0.136 e. The maximum absolute atomic E-state index is 9.05. The van der Waals surface area contributed by atoms with Crippen molar-refractivity contribution in [3.8, 4) is 11.8 Å². The zero-order chi connectivity index (χ0) is 13.7. The van der Waals surface area contributed by atoms with Gasteiger partial charge >= 0.3 is 0 Å². The van der Waals surface area contributed by atoms with Gasteiger partial charge in [-0.1, -0.05) is 6.07 Å². The number of hydrogen-bond acceptors (Lipinski definition) is 4. The predicted octanol–water partition coefficient (Wildman–Crippen LogP) is 2.22. The Labute approximate surface area is 114 Å². The minimum atomic E-state index is 0.314. The fourth-order valence-corrected chi connectivity index (χ4v) is 2.36. The maximum atomic E-state index is 9.05. The van der Waals surface area contributed by atoms with Gasteiger partial charge in [0.2, 0.25) is 0 Å². The highest BCUT2D eigenvalue weighted by atomic mass is 16.5. The van der Waals surface area contributed by atoms with Gasteiger partial charge in [0.15, 0.2) is 0 Å². The molecule has 1 N–H and O–H groups in total. The van der Waals surface area contributed by atoms with Gasteiger partial charge in [-0.25, -0.2) is 0 Å². The number of methoxy groups -OCH3 is 1. The molecule has 1 aliphatic heterocycles. The Morgan fingerprint density at radius 2 is 2.42 bits per heavy atom. The molecule has 2 unspecified atom stereocenters. The van der Waals surface area contributed by atoms with E-state index in [4.69, 9.17) is 14.7 Å². The molecule has 2 rings (SSSR count). The van der Waals surface area contributed by atoms with Gasteiger partial charge in [0.25, 0.3) is 0 Å². The van der Waals surface area contributed by atoms with Crippen molar-refractivity contribution in [2.24, 2.45) is 0 Å². The summed E-state index contributed by atoms with van der Waals surface area (Å²) in [6.45, 7) is 3.75. The molecular formula is C15H20N2O2. The summed E-state index contributed by atoms with van der Waals surface area (Å²) in [4.78, 5) is 0. The fourth-order valence-electron chi connectivity index (χ4n) is 2.36. The van der Waals surface area contributed by atoms with Gasteiger partial charge < -0.3 is 14.8 Å². The van der Waals surface area contributed by atoms with E-state index in [2.05, 4.69) is 18.3 Å². The first-order chi connectivity index (χ1) is 9.24. The number of nitriles is 1. The van der Waals surface area contributed by atoms with Crippen LogP contribution in [0.4, 0.5) is 0 Å². The van der Waals surface area contributed by atoms with E-state index >= 15 is 0 Å². The van der Waals surface area contributed by atoms with Gasteiger partial charge in [-0.2, -0.15) is 5.26 Å². The molecule has 1 saturated heterocycles. The molecule has 2 atom stereocenters. The standard InChI is InChI=1S/C15H20N2O2/c1-11(14-4-3-7-19-14)17-10-12-5-6-15(18-2)13(8-12)9-16/h5-6,8,11,14,17H,3-4,7,10H2,1-2H3. The molecule has 1 aliphatic rings. The summed E-state index contributed by atoms with van der Waals surface area (Å²) in [5.74, 6) is 0.624. The van der Waals surface area contributed by atoms with Crippen molar-refractivity contribution in [2.45, 2.75) is 38.5 Å². The molecule has 0 aliphatic carbocycles. The van der Waals surface area contributed by atoms with Crippen LogP contribution < -0.4 is 10.1 Å². The Kier molecular flexibility index (Phi) is 4.78. The van der Waals surface area contributed by atoms with Crippen LogP contribution in [-0.4, -0.2) is 25.9 Å². The second-order valence-electron chi connectivity index (χ2n) is 4.87. The summed E-state index contributed by atoms with van der Waals surface area (Å²) in [6, 6.07) is 8.17. The second kappa shape index (κ2) is 6.55. The second-order valence-corrected chi connectivity index (χ2v) is 4.87. The van der Waals surface area contributed by atoms with Gasteiger partial charge in [-0.3, -0.25) is 0 Å². The zero-order valence-corrected chi connectivity index (χ0v) is 11.5. The highest BCUT2D eigenvalue weighted by Gasteiger charge is 2.21. The number of ether oxygens (including phenoxy) is 2. The van der Waals surface area contributed by atoms with Crippen LogP contribution in [0.15, 0.2) is 18.2 Å². The molecule has 1 aromatic carbocycles. The van der Waals surface area contributed by atoms with E-state index in [9.17, 15) is 0 Å². The number of benzene rings is 1. The molecule has 0 saturated carbocycles. The molecule has 4 nitrogen and oxygen atoms in total. The van der Waals surface area contributed by atoms with Gasteiger partial charge in [0.05, 0.1) is 18.8 Å². The van der Waals surface area contributed by atoms with Crippen LogP contribution in [-0.2, 0) is 11.3 Å². The first kappa shape index (κ1) is 13.9. The molecule has 0 aromatic heterocycles. The van der Waals surface area contributed by atoms with Crippen LogP contribution in [0.2, 0.25) is 0 Å². The normalized spacial score (nSPS) is 19.9. The third-order valence-corrected chi connectivity index (χ3v) is 3.54. The largest absolute Gasteiger partial charge is 0.495 e. The Balaban J connectivity index is 1.94. The van der Waals surface area contributed by atoms with Crippen LogP contribution in [0.5, 0.6) is 5.75 Å². The topological polar surface area (TPSA) is 54.3 Å². The summed E-state index contributed by atoms with van der Waals surface area (Å²) in [7, 11) is 1.58. The molecular weight excluding hydrogens is 240 g/mol. The third kappa shape index (κ3) is 3.46. The molecule has 19 heavy (non-hydrogen) atoms. The molecule has 1 heterocycles. The summed E-state index contributed by atoms with van der Waals surface area (Å²) < 4.78 is 10.8. The average Bonchev–Trinajstić information content (AvgIpc) is 2.98. The van der Waals surface area contributed by atoms with E-state index in [1.54, 1.807) is 7.11 Å². The van der Waals surface area contributed by atoms with Crippen molar-refractivity contribution < 1.29 is 9.47 Å². The Bertz CT molecular complexity index is 462. The average molecular weight is 260 g/mol. The lowest BCUT2D eigenvalue weighted by molar-refractivity contribution is 0.0832. The van der Waals surface area contributed by atoms with Crippen LogP contribution in [0.1, 0.15) is 30.9 Å². The van der Waals surface area contributed by atoms with Crippen LogP contribution in [0.25, 0.3) is 0 Å². The fraction of sp³-hybridized carbons (Fsp3) is 0.533. The van der Waals surface area contributed by atoms with Crippen molar-refractivity contribution in [3.05, 3.63) is 29.3 Å². The Hall–Kier alpha value is -1.57. The quantitative estimate of drug-likeness (QED) is 0.882. The third-order valence-electron chi connectivity index (χ3n) is 3.54. The van der Waals surface area contributed by atoms with Crippen molar-refractivity contribution >= 4 is 0 Å². The van der Waals surface area contributed by atoms with E-state index in [1.165, 1.54) is 0 Å². The van der Waals surface area contributed by atoms with Gasteiger partial charge in [0, 0.05) is 19.2 Å². The number of rotatable bonds is 5. The molecule has 4 heteroatoms. The molecule has 1 fully saturated rings. The van der Waals surface area contributed by atoms with Gasteiger partial charge in [0.1, 0.15) is 11.8 Å². The SMILES string of the molecule is COc1ccc(CNC(C)C2CCCO2)cc1C#N. The lowest BCUT2D eigenvalue weighted by Gasteiger charge is -2.20.